The number of rotatable bonds is 1. The second-order valence-corrected chi connectivity index (χ2v) is 6.63. The topological polar surface area (TPSA) is 76.8 Å². The lowest BCUT2D eigenvalue weighted by Gasteiger charge is -2.31. The Morgan fingerprint density at radius 3 is 2.40 bits per heavy atom. The highest BCUT2D eigenvalue weighted by atomic mass is 32.2. The number of allylic oxidation sites excluding steroid dienone is 2. The van der Waals surface area contributed by atoms with Gasteiger partial charge >= 0.3 is 0 Å². The lowest BCUT2D eigenvalue weighted by molar-refractivity contribution is 0.605. The Morgan fingerprint density at radius 2 is 1.68 bits per heavy atom. The maximum atomic E-state index is 14.4. The van der Waals surface area contributed by atoms with Crippen molar-refractivity contribution in [3.05, 3.63) is 81.9 Å². The van der Waals surface area contributed by atoms with Gasteiger partial charge in [0.2, 0.25) is 0 Å². The summed E-state index contributed by atoms with van der Waals surface area (Å²) in [6, 6.07) is 18.0. The summed E-state index contributed by atoms with van der Waals surface area (Å²) >= 11 is 1.41. The van der Waals surface area contributed by atoms with Gasteiger partial charge < -0.3 is 5.73 Å². The molecule has 0 amide bonds. The van der Waals surface area contributed by atoms with Crippen molar-refractivity contribution in [3.8, 4) is 12.1 Å². The molecule has 25 heavy (non-hydrogen) atoms. The van der Waals surface area contributed by atoms with Crippen LogP contribution in [0.3, 0.4) is 0 Å². The molecule has 0 saturated heterocycles. The van der Waals surface area contributed by atoms with Crippen molar-refractivity contribution >= 4 is 17.4 Å². The molecule has 2 aromatic rings. The molecule has 0 unspecified atom stereocenters. The number of fused-ring (bicyclic) bond motifs is 3. The molecule has 120 valence electrons. The molecule has 2 aromatic carbocycles. The molecule has 0 spiro atoms. The maximum absolute atomic E-state index is 14.4. The Hall–Kier alpha value is -3.22. The van der Waals surface area contributed by atoms with Gasteiger partial charge in [-0.3, -0.25) is 4.90 Å². The smallest absolute Gasteiger partial charge is 0.127 e. The molecule has 2 heterocycles. The van der Waals surface area contributed by atoms with Gasteiger partial charge in [-0.25, -0.2) is 4.39 Å². The lowest BCUT2D eigenvalue weighted by Crippen LogP contribution is -2.32. The van der Waals surface area contributed by atoms with Crippen LogP contribution in [0.2, 0.25) is 0 Å². The van der Waals surface area contributed by atoms with Gasteiger partial charge in [0.25, 0.3) is 0 Å². The Kier molecular flexibility index (Phi) is 3.49. The lowest BCUT2D eigenvalue weighted by atomic mass is 9.83. The molecule has 2 N–H and O–H groups in total. The summed E-state index contributed by atoms with van der Waals surface area (Å²) in [5.41, 5.74) is 7.91. The van der Waals surface area contributed by atoms with E-state index in [4.69, 9.17) is 5.73 Å². The van der Waals surface area contributed by atoms with E-state index in [1.54, 1.807) is 23.1 Å². The number of thioether (sulfide) groups is 1. The number of para-hydroxylation sites is 1. The number of nitrogens with zero attached hydrogens (tertiary/aromatic N) is 3. The van der Waals surface area contributed by atoms with Gasteiger partial charge in [-0.15, -0.1) is 0 Å². The molecule has 2 aliphatic rings. The van der Waals surface area contributed by atoms with Gasteiger partial charge in [0, 0.05) is 10.5 Å². The van der Waals surface area contributed by atoms with E-state index in [0.29, 0.717) is 10.6 Å². The fraction of sp³-hybridized carbons (Fsp3) is 0.0526. The summed E-state index contributed by atoms with van der Waals surface area (Å²) in [5.74, 6) is -1.03. The fourth-order valence-corrected chi connectivity index (χ4v) is 4.37. The predicted octanol–water partition coefficient (Wildman–Crippen LogP) is 3.96. The third-order valence-corrected chi connectivity index (χ3v) is 5.46. The van der Waals surface area contributed by atoms with E-state index >= 15 is 0 Å². The summed E-state index contributed by atoms with van der Waals surface area (Å²) in [6.45, 7) is 0. The summed E-state index contributed by atoms with van der Waals surface area (Å²) in [6.07, 6.45) is 0. The van der Waals surface area contributed by atoms with Gasteiger partial charge in [-0.05, 0) is 18.2 Å². The van der Waals surface area contributed by atoms with Crippen LogP contribution < -0.4 is 10.6 Å². The molecule has 6 heteroatoms. The minimum Gasteiger partial charge on any atom is -0.384 e. The number of nitrogens with two attached hydrogens (primary N) is 1. The molecule has 0 aromatic heterocycles. The van der Waals surface area contributed by atoms with E-state index in [0.717, 1.165) is 10.6 Å². The summed E-state index contributed by atoms with van der Waals surface area (Å²) in [5, 5.41) is 20.1. The molecule has 0 bridgehead atoms. The van der Waals surface area contributed by atoms with Crippen LogP contribution >= 0.6 is 11.8 Å². The van der Waals surface area contributed by atoms with Crippen LogP contribution in [0.5, 0.6) is 0 Å². The number of anilines is 1. The summed E-state index contributed by atoms with van der Waals surface area (Å²) < 4.78 is 14.4. The monoisotopic (exact) mass is 346 g/mol. The van der Waals surface area contributed by atoms with E-state index < -0.39 is 11.7 Å². The molecule has 0 aliphatic carbocycles. The summed E-state index contributed by atoms with van der Waals surface area (Å²) in [4.78, 5) is 2.66. The first-order valence-corrected chi connectivity index (χ1v) is 8.34. The van der Waals surface area contributed by atoms with Crippen LogP contribution in [-0.4, -0.2) is 0 Å². The molecule has 1 atom stereocenters. The third-order valence-electron chi connectivity index (χ3n) is 4.30. The van der Waals surface area contributed by atoms with E-state index in [1.165, 1.54) is 17.8 Å². The number of nitriles is 2. The number of benzene rings is 2. The molecule has 0 radical (unpaired) electrons. The third kappa shape index (κ3) is 2.12. The Morgan fingerprint density at radius 1 is 1.00 bits per heavy atom. The fourth-order valence-electron chi connectivity index (χ4n) is 3.19. The zero-order chi connectivity index (χ0) is 17.6. The Labute approximate surface area is 148 Å². The normalized spacial score (nSPS) is 18.5. The average Bonchev–Trinajstić information content (AvgIpc) is 3.01. The standard InChI is InChI=1S/C19H11FN4S/c20-14-6-2-1-5-11(14)17-12(9-21)18(23)24-15-7-3-4-8-16(15)25-19(24)13(17)10-22/h1-8,17H,23H2/t17-/m0/s1. The average molecular weight is 346 g/mol. The van der Waals surface area contributed by atoms with Crippen LogP contribution in [0.1, 0.15) is 11.5 Å². The maximum Gasteiger partial charge on any atom is 0.127 e. The van der Waals surface area contributed by atoms with Gasteiger partial charge in [0.05, 0.1) is 34.9 Å². The van der Waals surface area contributed by atoms with Crippen molar-refractivity contribution in [2.75, 3.05) is 4.90 Å². The second-order valence-electron chi connectivity index (χ2n) is 5.60. The molecular weight excluding hydrogens is 335 g/mol. The van der Waals surface area contributed by atoms with Crippen molar-refractivity contribution in [2.45, 2.75) is 10.8 Å². The predicted molar refractivity (Wildman–Crippen MR) is 93.4 cm³/mol. The second kappa shape index (κ2) is 5.70. The van der Waals surface area contributed by atoms with Crippen molar-refractivity contribution in [3.63, 3.8) is 0 Å². The van der Waals surface area contributed by atoms with Crippen molar-refractivity contribution < 1.29 is 4.39 Å². The van der Waals surface area contributed by atoms with Crippen molar-refractivity contribution in [2.24, 2.45) is 5.73 Å². The van der Waals surface area contributed by atoms with Crippen LogP contribution in [0.4, 0.5) is 10.1 Å². The minimum absolute atomic E-state index is 0.183. The van der Waals surface area contributed by atoms with Gasteiger partial charge in [-0.1, -0.05) is 42.1 Å². The van der Waals surface area contributed by atoms with E-state index in [9.17, 15) is 14.9 Å². The van der Waals surface area contributed by atoms with Gasteiger partial charge in [0.15, 0.2) is 0 Å². The highest BCUT2D eigenvalue weighted by molar-refractivity contribution is 8.03. The zero-order valence-electron chi connectivity index (χ0n) is 12.9. The number of hydrogen-bond donors (Lipinski definition) is 1. The van der Waals surface area contributed by atoms with E-state index in [2.05, 4.69) is 12.1 Å². The molecular formula is C19H11FN4S. The Bertz CT molecular complexity index is 1040. The van der Waals surface area contributed by atoms with Crippen LogP contribution in [0.15, 0.2) is 75.4 Å². The molecule has 0 fully saturated rings. The van der Waals surface area contributed by atoms with Crippen LogP contribution in [0.25, 0.3) is 0 Å². The quantitative estimate of drug-likeness (QED) is 0.845. The highest BCUT2D eigenvalue weighted by Gasteiger charge is 2.41. The largest absolute Gasteiger partial charge is 0.384 e. The molecule has 4 nitrogen and oxygen atoms in total. The number of halogens is 1. The first-order chi connectivity index (χ1) is 12.2. The van der Waals surface area contributed by atoms with Crippen LogP contribution in [0, 0.1) is 28.5 Å². The minimum atomic E-state index is -0.802. The first kappa shape index (κ1) is 15.3. The van der Waals surface area contributed by atoms with E-state index in [-0.39, 0.29) is 17.0 Å². The summed E-state index contributed by atoms with van der Waals surface area (Å²) in [7, 11) is 0. The van der Waals surface area contributed by atoms with Crippen LogP contribution in [-0.2, 0) is 0 Å². The molecule has 4 rings (SSSR count). The first-order valence-electron chi connectivity index (χ1n) is 7.52. The zero-order valence-corrected chi connectivity index (χ0v) is 13.7. The van der Waals surface area contributed by atoms with Crippen molar-refractivity contribution in [1.82, 2.24) is 0 Å². The molecule has 0 saturated carbocycles. The Balaban J connectivity index is 2.00. The molecule has 2 aliphatic heterocycles. The SMILES string of the molecule is N#CC1=C(N)N2C(=C(C#N)[C@H]1c1ccccc1F)Sc1ccccc12. The van der Waals surface area contributed by atoms with E-state index in [1.807, 2.05) is 24.3 Å². The van der Waals surface area contributed by atoms with Gasteiger partial charge in [-0.2, -0.15) is 10.5 Å². The number of hydrogen-bond acceptors (Lipinski definition) is 5. The highest BCUT2D eigenvalue weighted by Crippen LogP contribution is 2.54. The van der Waals surface area contributed by atoms with Crippen molar-refractivity contribution in [1.29, 1.82) is 10.5 Å². The van der Waals surface area contributed by atoms with Gasteiger partial charge in [0.1, 0.15) is 16.7 Å².